The summed E-state index contributed by atoms with van der Waals surface area (Å²) in [5.41, 5.74) is 6.77. The Balaban J connectivity index is 1.61. The number of hydrogen-bond donors (Lipinski definition) is 0. The van der Waals surface area contributed by atoms with E-state index in [9.17, 15) is 0 Å². The summed E-state index contributed by atoms with van der Waals surface area (Å²) in [6, 6.07) is 13.2. The maximum atomic E-state index is 5.94. The SMILES string of the molecule is Cc1ccc(CCCCN(C)N(C)CCCOc2ccc(C)cc2C)c(C)c1. The van der Waals surface area contributed by atoms with E-state index in [1.807, 2.05) is 0 Å². The fraction of sp³-hybridized carbons (Fsp3) is 0.520. The first-order valence-electron chi connectivity index (χ1n) is 10.5. The summed E-state index contributed by atoms with van der Waals surface area (Å²) in [4.78, 5) is 0. The van der Waals surface area contributed by atoms with Gasteiger partial charge in [-0.25, -0.2) is 10.0 Å². The zero-order valence-electron chi connectivity index (χ0n) is 18.7. The van der Waals surface area contributed by atoms with Crippen molar-refractivity contribution < 1.29 is 4.74 Å². The Hall–Kier alpha value is -1.84. The van der Waals surface area contributed by atoms with Crippen LogP contribution in [0.15, 0.2) is 36.4 Å². The van der Waals surface area contributed by atoms with Crippen LogP contribution in [0.2, 0.25) is 0 Å². The number of nitrogens with zero attached hydrogens (tertiary/aromatic N) is 2. The van der Waals surface area contributed by atoms with Crippen molar-refractivity contribution in [1.29, 1.82) is 0 Å². The highest BCUT2D eigenvalue weighted by Crippen LogP contribution is 2.19. The maximum Gasteiger partial charge on any atom is 0.122 e. The first-order chi connectivity index (χ1) is 13.4. The highest BCUT2D eigenvalue weighted by molar-refractivity contribution is 5.35. The van der Waals surface area contributed by atoms with Crippen LogP contribution in [0.5, 0.6) is 5.75 Å². The minimum absolute atomic E-state index is 0.759. The molecule has 0 aromatic heterocycles. The van der Waals surface area contributed by atoms with Crippen molar-refractivity contribution in [3.63, 3.8) is 0 Å². The highest BCUT2D eigenvalue weighted by Gasteiger charge is 2.07. The third-order valence-corrected chi connectivity index (χ3v) is 5.47. The van der Waals surface area contributed by atoms with Crippen molar-refractivity contribution in [3.8, 4) is 5.75 Å². The lowest BCUT2D eigenvalue weighted by Gasteiger charge is -2.28. The van der Waals surface area contributed by atoms with Gasteiger partial charge in [0.05, 0.1) is 6.61 Å². The first kappa shape index (κ1) is 22.4. The summed E-state index contributed by atoms with van der Waals surface area (Å²) in [5, 5.41) is 4.64. The Kier molecular flexibility index (Phi) is 9.01. The van der Waals surface area contributed by atoms with Gasteiger partial charge in [-0.1, -0.05) is 41.5 Å². The molecule has 0 saturated carbocycles. The van der Waals surface area contributed by atoms with Crippen LogP contribution in [0.1, 0.15) is 47.1 Å². The molecule has 0 aliphatic carbocycles. The van der Waals surface area contributed by atoms with Gasteiger partial charge in [-0.3, -0.25) is 0 Å². The third-order valence-electron chi connectivity index (χ3n) is 5.47. The Morgan fingerprint density at radius 2 is 1.32 bits per heavy atom. The van der Waals surface area contributed by atoms with E-state index in [-0.39, 0.29) is 0 Å². The molecule has 0 amide bonds. The number of ether oxygens (including phenoxy) is 1. The van der Waals surface area contributed by atoms with Gasteiger partial charge in [0.25, 0.3) is 0 Å². The fourth-order valence-corrected chi connectivity index (χ4v) is 3.56. The number of aryl methyl sites for hydroxylation is 5. The van der Waals surface area contributed by atoms with Crippen LogP contribution >= 0.6 is 0 Å². The van der Waals surface area contributed by atoms with Crippen LogP contribution in [0.4, 0.5) is 0 Å². The van der Waals surface area contributed by atoms with E-state index in [2.05, 4.69) is 88.2 Å². The topological polar surface area (TPSA) is 15.7 Å². The minimum atomic E-state index is 0.759. The van der Waals surface area contributed by atoms with Crippen molar-refractivity contribution in [2.24, 2.45) is 0 Å². The van der Waals surface area contributed by atoms with Gasteiger partial charge in [0.15, 0.2) is 0 Å². The molecule has 0 saturated heterocycles. The van der Waals surface area contributed by atoms with Crippen LogP contribution < -0.4 is 4.74 Å². The van der Waals surface area contributed by atoms with Crippen molar-refractivity contribution >= 4 is 0 Å². The molecule has 2 aromatic rings. The number of hydrazine groups is 1. The van der Waals surface area contributed by atoms with Crippen molar-refractivity contribution in [2.45, 2.75) is 53.4 Å². The predicted molar refractivity (Wildman–Crippen MR) is 120 cm³/mol. The van der Waals surface area contributed by atoms with E-state index < -0.39 is 0 Å². The standard InChI is InChI=1S/C25H38N2O/c1-20-11-13-24(22(3)18-20)10-7-8-15-26(5)27(6)16-9-17-28-25-14-12-21(2)19-23(25)4/h11-14,18-19H,7-10,15-17H2,1-6H3. The Labute approximate surface area is 172 Å². The second-order valence-corrected chi connectivity index (χ2v) is 8.12. The molecule has 0 radical (unpaired) electrons. The summed E-state index contributed by atoms with van der Waals surface area (Å²) in [5.74, 6) is 1.01. The molecular weight excluding hydrogens is 344 g/mol. The number of rotatable bonds is 11. The first-order valence-corrected chi connectivity index (χ1v) is 10.5. The average Bonchev–Trinajstić information content (AvgIpc) is 2.64. The quantitative estimate of drug-likeness (QED) is 0.377. The van der Waals surface area contributed by atoms with E-state index in [4.69, 9.17) is 4.74 Å². The van der Waals surface area contributed by atoms with Gasteiger partial charge < -0.3 is 4.74 Å². The molecule has 2 aromatic carbocycles. The fourth-order valence-electron chi connectivity index (χ4n) is 3.56. The number of benzene rings is 2. The molecule has 154 valence electrons. The predicted octanol–water partition coefficient (Wildman–Crippen LogP) is 5.49. The second kappa shape index (κ2) is 11.2. The molecule has 0 spiro atoms. The highest BCUT2D eigenvalue weighted by atomic mass is 16.5. The van der Waals surface area contributed by atoms with Gasteiger partial charge in [0.1, 0.15) is 5.75 Å². The largest absolute Gasteiger partial charge is 0.493 e. The molecule has 0 bridgehead atoms. The maximum absolute atomic E-state index is 5.94. The molecule has 2 rings (SSSR count). The molecule has 0 heterocycles. The number of hydrogen-bond acceptors (Lipinski definition) is 3. The van der Waals surface area contributed by atoms with E-state index in [1.54, 1.807) is 0 Å². The van der Waals surface area contributed by atoms with Gasteiger partial charge in [0.2, 0.25) is 0 Å². The van der Waals surface area contributed by atoms with Gasteiger partial charge in [-0.2, -0.15) is 0 Å². The molecule has 3 heteroatoms. The zero-order chi connectivity index (χ0) is 20.5. The molecule has 0 aliphatic rings. The van der Waals surface area contributed by atoms with Gasteiger partial charge in [-0.15, -0.1) is 0 Å². The molecule has 28 heavy (non-hydrogen) atoms. The van der Waals surface area contributed by atoms with Crippen LogP contribution in [0.3, 0.4) is 0 Å². The van der Waals surface area contributed by atoms with Crippen molar-refractivity contribution in [3.05, 3.63) is 64.2 Å². The monoisotopic (exact) mass is 382 g/mol. The Morgan fingerprint density at radius 1 is 0.714 bits per heavy atom. The van der Waals surface area contributed by atoms with E-state index in [0.717, 1.165) is 31.9 Å². The molecule has 0 fully saturated rings. The van der Waals surface area contributed by atoms with Crippen LogP contribution in [0, 0.1) is 27.7 Å². The molecule has 0 atom stereocenters. The number of unbranched alkanes of at least 4 members (excludes halogenated alkanes) is 1. The van der Waals surface area contributed by atoms with Crippen LogP contribution in [-0.2, 0) is 6.42 Å². The Bertz CT molecular complexity index is 678. The van der Waals surface area contributed by atoms with Crippen LogP contribution in [-0.4, -0.2) is 43.8 Å². The van der Waals surface area contributed by atoms with Gasteiger partial charge in [-0.05, 0) is 76.1 Å². The zero-order valence-corrected chi connectivity index (χ0v) is 18.7. The molecule has 0 aliphatic heterocycles. The second-order valence-electron chi connectivity index (χ2n) is 8.12. The normalized spacial score (nSPS) is 11.4. The van der Waals surface area contributed by atoms with Crippen LogP contribution in [0.25, 0.3) is 0 Å². The lowest BCUT2D eigenvalue weighted by molar-refractivity contribution is 0.0216. The average molecular weight is 383 g/mol. The van der Waals surface area contributed by atoms with E-state index in [1.165, 1.54) is 47.1 Å². The lowest BCUT2D eigenvalue weighted by atomic mass is 10.0. The minimum Gasteiger partial charge on any atom is -0.493 e. The van der Waals surface area contributed by atoms with Gasteiger partial charge in [0, 0.05) is 27.2 Å². The van der Waals surface area contributed by atoms with E-state index >= 15 is 0 Å². The molecule has 3 nitrogen and oxygen atoms in total. The van der Waals surface area contributed by atoms with Crippen molar-refractivity contribution in [1.82, 2.24) is 10.0 Å². The lowest BCUT2D eigenvalue weighted by Crippen LogP contribution is -2.38. The van der Waals surface area contributed by atoms with Gasteiger partial charge >= 0.3 is 0 Å². The third kappa shape index (κ3) is 7.29. The summed E-state index contributed by atoms with van der Waals surface area (Å²) < 4.78 is 5.94. The smallest absolute Gasteiger partial charge is 0.122 e. The molecule has 0 N–H and O–H groups in total. The molecule has 0 unspecified atom stereocenters. The summed E-state index contributed by atoms with van der Waals surface area (Å²) >= 11 is 0. The summed E-state index contributed by atoms with van der Waals surface area (Å²) in [7, 11) is 4.35. The summed E-state index contributed by atoms with van der Waals surface area (Å²) in [6.07, 6.45) is 4.65. The van der Waals surface area contributed by atoms with Crippen molar-refractivity contribution in [2.75, 3.05) is 33.8 Å². The Morgan fingerprint density at radius 3 is 1.96 bits per heavy atom. The summed E-state index contributed by atoms with van der Waals surface area (Å²) in [6.45, 7) is 11.5. The molecular formula is C25H38N2O. The van der Waals surface area contributed by atoms with E-state index in [0.29, 0.717) is 0 Å².